The minimum absolute atomic E-state index is 0.0843. The first-order chi connectivity index (χ1) is 12.1. The summed E-state index contributed by atoms with van der Waals surface area (Å²) in [5.74, 6) is 0.381. The molecule has 0 bridgehead atoms. The van der Waals surface area contributed by atoms with Gasteiger partial charge >= 0.3 is 0 Å². The third-order valence-corrected chi connectivity index (χ3v) is 5.67. The molecular weight excluding hydrogens is 314 g/mol. The highest BCUT2D eigenvalue weighted by molar-refractivity contribution is 5.93. The maximum atomic E-state index is 12.6. The standard InChI is InChI=1S/C20H25N3O2/c1-13-12-21-23(17-10-4-7-14-6-2-3-8-15(14)17)19(13)22-20(25)16-9-5-11-18(16)24/h2-3,6,8,12,16-18,24H,4-5,7,9-11H2,1H3,(H,22,25). The first kappa shape index (κ1) is 16.3. The van der Waals surface area contributed by atoms with Crippen LogP contribution in [-0.4, -0.2) is 26.9 Å². The zero-order valence-corrected chi connectivity index (χ0v) is 14.6. The summed E-state index contributed by atoms with van der Waals surface area (Å²) >= 11 is 0. The van der Waals surface area contributed by atoms with Gasteiger partial charge in [0.2, 0.25) is 5.91 Å². The Labute approximate surface area is 148 Å². The molecule has 0 aliphatic heterocycles. The van der Waals surface area contributed by atoms with Crippen LogP contribution in [0.1, 0.15) is 54.8 Å². The Balaban J connectivity index is 1.64. The van der Waals surface area contributed by atoms with Crippen LogP contribution in [0.4, 0.5) is 5.82 Å². The molecule has 1 fully saturated rings. The molecule has 5 nitrogen and oxygen atoms in total. The third-order valence-electron chi connectivity index (χ3n) is 5.67. The SMILES string of the molecule is Cc1cnn(C2CCCc3ccccc32)c1NC(=O)C1CCCC1O. The van der Waals surface area contributed by atoms with Crippen LogP contribution >= 0.6 is 0 Å². The number of rotatable bonds is 3. The van der Waals surface area contributed by atoms with E-state index >= 15 is 0 Å². The first-order valence-corrected chi connectivity index (χ1v) is 9.26. The Morgan fingerprint density at radius 1 is 1.24 bits per heavy atom. The van der Waals surface area contributed by atoms with Gasteiger partial charge in [0.05, 0.1) is 24.3 Å². The number of hydrogen-bond acceptors (Lipinski definition) is 3. The summed E-state index contributed by atoms with van der Waals surface area (Å²) in [4.78, 5) is 12.6. The van der Waals surface area contributed by atoms with Gasteiger partial charge in [0, 0.05) is 5.56 Å². The fourth-order valence-corrected chi connectivity index (χ4v) is 4.28. The molecule has 25 heavy (non-hydrogen) atoms. The number of aliphatic hydroxyl groups is 1. The lowest BCUT2D eigenvalue weighted by atomic mass is 9.88. The van der Waals surface area contributed by atoms with Crippen LogP contribution in [0, 0.1) is 12.8 Å². The van der Waals surface area contributed by atoms with Gasteiger partial charge in [-0.3, -0.25) is 4.79 Å². The summed E-state index contributed by atoms with van der Waals surface area (Å²) in [6, 6.07) is 8.66. The summed E-state index contributed by atoms with van der Waals surface area (Å²) in [6.45, 7) is 1.97. The number of aliphatic hydroxyl groups excluding tert-OH is 1. The number of anilines is 1. The molecule has 2 aliphatic rings. The van der Waals surface area contributed by atoms with Crippen LogP contribution in [0.2, 0.25) is 0 Å². The molecule has 3 atom stereocenters. The molecule has 0 saturated heterocycles. The summed E-state index contributed by atoms with van der Waals surface area (Å²) in [5.41, 5.74) is 3.63. The molecule has 1 heterocycles. The van der Waals surface area contributed by atoms with E-state index in [2.05, 4.69) is 34.7 Å². The van der Waals surface area contributed by atoms with Crippen molar-refractivity contribution < 1.29 is 9.90 Å². The Hall–Kier alpha value is -2.14. The molecule has 2 N–H and O–H groups in total. The number of fused-ring (bicyclic) bond motifs is 1. The van der Waals surface area contributed by atoms with Gasteiger partial charge in [-0.2, -0.15) is 5.10 Å². The molecule has 3 unspecified atom stereocenters. The van der Waals surface area contributed by atoms with Crippen LogP contribution in [0.5, 0.6) is 0 Å². The van der Waals surface area contributed by atoms with Gasteiger partial charge in [0.15, 0.2) is 0 Å². The maximum Gasteiger partial charge on any atom is 0.231 e. The van der Waals surface area contributed by atoms with Crippen molar-refractivity contribution in [1.82, 2.24) is 9.78 Å². The van der Waals surface area contributed by atoms with Crippen molar-refractivity contribution in [2.45, 2.75) is 57.6 Å². The zero-order chi connectivity index (χ0) is 17.4. The fourth-order valence-electron chi connectivity index (χ4n) is 4.28. The van der Waals surface area contributed by atoms with Crippen molar-refractivity contribution in [3.8, 4) is 0 Å². The minimum Gasteiger partial charge on any atom is -0.392 e. The lowest BCUT2D eigenvalue weighted by molar-refractivity contribution is -0.122. The molecule has 0 spiro atoms. The summed E-state index contributed by atoms with van der Waals surface area (Å²) < 4.78 is 1.96. The van der Waals surface area contributed by atoms with Crippen molar-refractivity contribution in [3.05, 3.63) is 47.2 Å². The molecule has 2 aromatic rings. The Morgan fingerprint density at radius 2 is 2.08 bits per heavy atom. The van der Waals surface area contributed by atoms with E-state index in [1.54, 1.807) is 0 Å². The monoisotopic (exact) mass is 339 g/mol. The van der Waals surface area contributed by atoms with Gasteiger partial charge < -0.3 is 10.4 Å². The molecular formula is C20H25N3O2. The van der Waals surface area contributed by atoms with E-state index in [0.717, 1.165) is 43.5 Å². The molecule has 2 aliphatic carbocycles. The number of hydrogen-bond donors (Lipinski definition) is 2. The van der Waals surface area contributed by atoms with Crippen molar-refractivity contribution in [1.29, 1.82) is 0 Å². The van der Waals surface area contributed by atoms with Gasteiger partial charge in [-0.15, -0.1) is 0 Å². The average molecular weight is 339 g/mol. The molecule has 0 radical (unpaired) electrons. The number of aryl methyl sites for hydroxylation is 2. The number of aromatic nitrogens is 2. The molecule has 5 heteroatoms. The topological polar surface area (TPSA) is 67.2 Å². The molecule has 1 saturated carbocycles. The lowest BCUT2D eigenvalue weighted by Crippen LogP contribution is -2.30. The number of carbonyl (C=O) groups is 1. The summed E-state index contributed by atoms with van der Waals surface area (Å²) in [7, 11) is 0. The summed E-state index contributed by atoms with van der Waals surface area (Å²) in [6.07, 6.45) is 6.92. The van der Waals surface area contributed by atoms with E-state index < -0.39 is 6.10 Å². The quantitative estimate of drug-likeness (QED) is 0.902. The van der Waals surface area contributed by atoms with E-state index in [1.165, 1.54) is 11.1 Å². The highest BCUT2D eigenvalue weighted by Crippen LogP contribution is 2.35. The number of nitrogens with zero attached hydrogens (tertiary/aromatic N) is 2. The van der Waals surface area contributed by atoms with Crippen LogP contribution in [0.15, 0.2) is 30.5 Å². The maximum absolute atomic E-state index is 12.6. The lowest BCUT2D eigenvalue weighted by Gasteiger charge is -2.27. The highest BCUT2D eigenvalue weighted by atomic mass is 16.3. The first-order valence-electron chi connectivity index (χ1n) is 9.26. The van der Waals surface area contributed by atoms with Gasteiger partial charge in [-0.05, 0) is 56.6 Å². The van der Waals surface area contributed by atoms with Crippen molar-refractivity contribution in [2.75, 3.05) is 5.32 Å². The predicted octanol–water partition coefficient (Wildman–Crippen LogP) is 3.22. The third kappa shape index (κ3) is 2.97. The summed E-state index contributed by atoms with van der Waals surface area (Å²) in [5, 5.41) is 17.7. The average Bonchev–Trinajstić information content (AvgIpc) is 3.21. The van der Waals surface area contributed by atoms with E-state index in [9.17, 15) is 9.90 Å². The van der Waals surface area contributed by atoms with Gasteiger partial charge in [-0.1, -0.05) is 24.3 Å². The number of amides is 1. The van der Waals surface area contributed by atoms with Crippen LogP contribution in [0.3, 0.4) is 0 Å². The van der Waals surface area contributed by atoms with Gasteiger partial charge in [0.25, 0.3) is 0 Å². The smallest absolute Gasteiger partial charge is 0.231 e. The van der Waals surface area contributed by atoms with Gasteiger partial charge in [-0.25, -0.2) is 4.68 Å². The molecule has 4 rings (SSSR count). The van der Waals surface area contributed by atoms with Crippen molar-refractivity contribution >= 4 is 11.7 Å². The van der Waals surface area contributed by atoms with Crippen molar-refractivity contribution in [3.63, 3.8) is 0 Å². The van der Waals surface area contributed by atoms with Crippen LogP contribution < -0.4 is 5.32 Å². The van der Waals surface area contributed by atoms with Crippen molar-refractivity contribution in [2.24, 2.45) is 5.92 Å². The highest BCUT2D eigenvalue weighted by Gasteiger charge is 2.33. The largest absolute Gasteiger partial charge is 0.392 e. The van der Waals surface area contributed by atoms with E-state index in [4.69, 9.17) is 0 Å². The number of carbonyl (C=O) groups excluding carboxylic acids is 1. The second kappa shape index (κ2) is 6.64. The normalized spacial score (nSPS) is 25.6. The Bertz CT molecular complexity index is 783. The van der Waals surface area contributed by atoms with E-state index in [0.29, 0.717) is 6.42 Å². The van der Waals surface area contributed by atoms with Crippen LogP contribution in [0.25, 0.3) is 0 Å². The van der Waals surface area contributed by atoms with E-state index in [1.807, 2.05) is 17.8 Å². The molecule has 132 valence electrons. The fraction of sp³-hybridized carbons (Fsp3) is 0.500. The van der Waals surface area contributed by atoms with Crippen LogP contribution in [-0.2, 0) is 11.2 Å². The predicted molar refractivity (Wildman–Crippen MR) is 96.5 cm³/mol. The van der Waals surface area contributed by atoms with Gasteiger partial charge in [0.1, 0.15) is 5.82 Å². The molecule has 1 amide bonds. The Kier molecular flexibility index (Phi) is 4.34. The zero-order valence-electron chi connectivity index (χ0n) is 14.6. The molecule has 1 aromatic carbocycles. The van der Waals surface area contributed by atoms with E-state index in [-0.39, 0.29) is 17.9 Å². The second-order valence-electron chi connectivity index (χ2n) is 7.32. The minimum atomic E-state index is -0.521. The molecule has 1 aromatic heterocycles. The second-order valence-corrected chi connectivity index (χ2v) is 7.32. The Morgan fingerprint density at radius 3 is 2.88 bits per heavy atom. The number of benzene rings is 1. The number of nitrogens with one attached hydrogen (secondary N) is 1.